The molecule has 2 fully saturated rings. The number of halogens is 2. The van der Waals surface area contributed by atoms with Crippen molar-refractivity contribution >= 4 is 38.8 Å². The number of rotatable bonds is 2. The van der Waals surface area contributed by atoms with Crippen LogP contribution >= 0.6 is 11.3 Å². The lowest BCUT2D eigenvalue weighted by atomic mass is 9.90. The van der Waals surface area contributed by atoms with Gasteiger partial charge in [0.25, 0.3) is 5.91 Å². The number of primary amides is 1. The van der Waals surface area contributed by atoms with Gasteiger partial charge >= 0.3 is 0 Å². The van der Waals surface area contributed by atoms with Crippen molar-refractivity contribution in [2.24, 2.45) is 5.73 Å². The molecule has 1 aliphatic carbocycles. The van der Waals surface area contributed by atoms with Gasteiger partial charge in [-0.15, -0.1) is 11.3 Å². The Hall–Kier alpha value is -2.78. The van der Waals surface area contributed by atoms with E-state index in [4.69, 9.17) is 11.5 Å². The van der Waals surface area contributed by atoms with E-state index in [1.54, 1.807) is 0 Å². The highest BCUT2D eigenvalue weighted by Gasteiger charge is 2.34. The number of nitrogens with one attached hydrogen (secondary N) is 1. The number of aryl methyl sites for hydroxylation is 1. The third-order valence-electron chi connectivity index (χ3n) is 7.02. The molecule has 6 nitrogen and oxygen atoms in total. The van der Waals surface area contributed by atoms with Gasteiger partial charge < -0.3 is 21.7 Å². The molecule has 2 aromatic heterocycles. The number of piperazine rings is 1. The van der Waals surface area contributed by atoms with Crippen molar-refractivity contribution in [3.05, 3.63) is 51.5 Å². The molecule has 0 spiro atoms. The van der Waals surface area contributed by atoms with Gasteiger partial charge in [0.1, 0.15) is 21.3 Å². The maximum Gasteiger partial charge on any atom is 0.260 e. The largest absolute Gasteiger partial charge is 0.397 e. The van der Waals surface area contributed by atoms with E-state index in [0.29, 0.717) is 52.3 Å². The van der Waals surface area contributed by atoms with Gasteiger partial charge in [0.15, 0.2) is 0 Å². The van der Waals surface area contributed by atoms with E-state index in [-0.39, 0.29) is 11.6 Å². The number of carbonyl (C=O) groups excluding carboxylic acids is 1. The minimum absolute atomic E-state index is 0.164. The van der Waals surface area contributed by atoms with Crippen LogP contribution < -0.4 is 21.7 Å². The van der Waals surface area contributed by atoms with Gasteiger partial charge in [0, 0.05) is 42.3 Å². The Kier molecular flexibility index (Phi) is 6.16. The van der Waals surface area contributed by atoms with Crippen molar-refractivity contribution < 1.29 is 13.6 Å². The van der Waals surface area contributed by atoms with Gasteiger partial charge in [-0.1, -0.05) is 0 Å². The van der Waals surface area contributed by atoms with E-state index in [1.165, 1.54) is 17.4 Å². The molecule has 3 aromatic rings. The maximum atomic E-state index is 14.8. The van der Waals surface area contributed by atoms with Gasteiger partial charge in [-0.05, 0) is 68.7 Å². The Bertz CT molecular complexity index is 1250. The smallest absolute Gasteiger partial charge is 0.260 e. The summed E-state index contributed by atoms with van der Waals surface area (Å²) in [7, 11) is 0. The fourth-order valence-corrected chi connectivity index (χ4v) is 6.32. The number of hydrogen-bond donors (Lipinski definition) is 3. The number of nitrogen functional groups attached to an aromatic ring is 1. The molecule has 1 amide bonds. The van der Waals surface area contributed by atoms with Crippen molar-refractivity contribution in [2.45, 2.75) is 57.5 Å². The second-order valence-electron chi connectivity index (χ2n) is 9.41. The summed E-state index contributed by atoms with van der Waals surface area (Å²) in [4.78, 5) is 18.5. The normalized spacial score (nSPS) is 21.2. The minimum atomic E-state index is -0.497. The second-order valence-corrected chi connectivity index (χ2v) is 10.4. The first-order valence-corrected chi connectivity index (χ1v) is 12.6. The molecule has 180 valence electrons. The van der Waals surface area contributed by atoms with Crippen LogP contribution in [0.15, 0.2) is 18.2 Å². The molecule has 2 aliphatic heterocycles. The topological polar surface area (TPSA) is 97.3 Å². The Morgan fingerprint density at radius 3 is 2.50 bits per heavy atom. The predicted molar refractivity (Wildman–Crippen MR) is 132 cm³/mol. The summed E-state index contributed by atoms with van der Waals surface area (Å²) in [5.74, 6) is -0.868. The summed E-state index contributed by atoms with van der Waals surface area (Å²) in [6.07, 6.45) is 5.61. The molecule has 5 N–H and O–H groups in total. The SMILES string of the molecule is Cc1ccc2c(N)c(C(N)=O)sc2n1.Fc1cc(N2CC3CCC(C2)N3)c(F)c2c1CCCC2. The highest BCUT2D eigenvalue weighted by atomic mass is 32.1. The van der Waals surface area contributed by atoms with E-state index in [2.05, 4.69) is 10.3 Å². The fraction of sp³-hybridized carbons (Fsp3) is 0.440. The Morgan fingerprint density at radius 2 is 1.82 bits per heavy atom. The monoisotopic (exact) mass is 485 g/mol. The molecule has 4 heterocycles. The zero-order valence-electron chi connectivity index (χ0n) is 19.2. The summed E-state index contributed by atoms with van der Waals surface area (Å²) >= 11 is 1.24. The number of benzene rings is 1. The lowest BCUT2D eigenvalue weighted by Gasteiger charge is -2.35. The fourth-order valence-electron chi connectivity index (χ4n) is 5.33. The average Bonchev–Trinajstić information content (AvgIpc) is 3.34. The lowest BCUT2D eigenvalue weighted by Crippen LogP contribution is -2.51. The van der Waals surface area contributed by atoms with E-state index in [1.807, 2.05) is 24.0 Å². The number of aromatic nitrogens is 1. The van der Waals surface area contributed by atoms with Crippen LogP contribution in [0.2, 0.25) is 0 Å². The first kappa shape index (κ1) is 23.0. The van der Waals surface area contributed by atoms with Crippen LogP contribution in [0, 0.1) is 18.6 Å². The zero-order chi connectivity index (χ0) is 24.0. The van der Waals surface area contributed by atoms with Gasteiger partial charge in [-0.2, -0.15) is 0 Å². The molecule has 2 bridgehead atoms. The standard InChI is InChI=1S/C16H20F2N2.C9H9N3OS/c17-14-7-15(16(18)13-4-2-1-3-12(13)14)20-8-10-5-6-11(9-20)19-10;1-4-2-3-5-6(10)7(8(11)13)14-9(5)12-4/h7,10-11,19H,1-6,8-9H2;2-3H,10H2,1H3,(H2,11,13). The van der Waals surface area contributed by atoms with E-state index < -0.39 is 5.91 Å². The van der Waals surface area contributed by atoms with Gasteiger partial charge in [-0.3, -0.25) is 4.79 Å². The summed E-state index contributed by atoms with van der Waals surface area (Å²) in [6.45, 7) is 3.48. The Labute approximate surface area is 201 Å². The molecule has 2 unspecified atom stereocenters. The third-order valence-corrected chi connectivity index (χ3v) is 8.15. The van der Waals surface area contributed by atoms with Crippen LogP contribution in [0.1, 0.15) is 52.2 Å². The number of fused-ring (bicyclic) bond motifs is 4. The minimum Gasteiger partial charge on any atom is -0.397 e. The van der Waals surface area contributed by atoms with Crippen molar-refractivity contribution in [1.29, 1.82) is 0 Å². The number of anilines is 2. The van der Waals surface area contributed by atoms with Crippen LogP contribution in [0.25, 0.3) is 10.2 Å². The summed E-state index contributed by atoms with van der Waals surface area (Å²) in [5, 5.41) is 4.33. The molecule has 3 aliphatic rings. The second kappa shape index (κ2) is 9.11. The van der Waals surface area contributed by atoms with Gasteiger partial charge in [-0.25, -0.2) is 13.8 Å². The zero-order valence-corrected chi connectivity index (χ0v) is 20.0. The third kappa shape index (κ3) is 4.22. The lowest BCUT2D eigenvalue weighted by molar-refractivity contribution is 0.100. The number of carbonyl (C=O) groups is 1. The molecule has 0 radical (unpaired) electrons. The molecule has 34 heavy (non-hydrogen) atoms. The summed E-state index contributed by atoms with van der Waals surface area (Å²) in [6, 6.07) is 6.02. The van der Waals surface area contributed by atoms with Crippen LogP contribution in [0.5, 0.6) is 0 Å². The van der Waals surface area contributed by atoms with Crippen molar-refractivity contribution in [2.75, 3.05) is 23.7 Å². The number of nitrogens with two attached hydrogens (primary N) is 2. The molecule has 9 heteroatoms. The summed E-state index contributed by atoms with van der Waals surface area (Å²) < 4.78 is 29.0. The number of hydrogen-bond acceptors (Lipinski definition) is 6. The molecule has 0 saturated carbocycles. The van der Waals surface area contributed by atoms with Crippen LogP contribution in [0.4, 0.5) is 20.2 Å². The molecular formula is C25H29F2N5OS. The van der Waals surface area contributed by atoms with Crippen molar-refractivity contribution in [3.8, 4) is 0 Å². The van der Waals surface area contributed by atoms with Crippen LogP contribution in [0.3, 0.4) is 0 Å². The van der Waals surface area contributed by atoms with Crippen molar-refractivity contribution in [1.82, 2.24) is 10.3 Å². The molecule has 6 rings (SSSR count). The first-order valence-electron chi connectivity index (χ1n) is 11.8. The number of nitrogens with zero attached hydrogens (tertiary/aromatic N) is 2. The van der Waals surface area contributed by atoms with Crippen molar-refractivity contribution in [3.63, 3.8) is 0 Å². The number of amides is 1. The average molecular weight is 486 g/mol. The van der Waals surface area contributed by atoms with E-state index in [9.17, 15) is 13.6 Å². The highest BCUT2D eigenvalue weighted by molar-refractivity contribution is 7.21. The Balaban J connectivity index is 0.000000152. The van der Waals surface area contributed by atoms with Crippen LogP contribution in [-0.4, -0.2) is 36.1 Å². The highest BCUT2D eigenvalue weighted by Crippen LogP contribution is 2.35. The predicted octanol–water partition coefficient (Wildman–Crippen LogP) is 4.07. The Morgan fingerprint density at radius 1 is 1.15 bits per heavy atom. The van der Waals surface area contributed by atoms with E-state index >= 15 is 0 Å². The maximum absolute atomic E-state index is 14.8. The molecular weight excluding hydrogens is 456 g/mol. The van der Waals surface area contributed by atoms with Crippen LogP contribution in [-0.2, 0) is 12.8 Å². The molecule has 1 aromatic carbocycles. The molecule has 2 saturated heterocycles. The number of thiophene rings is 1. The van der Waals surface area contributed by atoms with Gasteiger partial charge in [0.2, 0.25) is 0 Å². The van der Waals surface area contributed by atoms with E-state index in [0.717, 1.165) is 54.7 Å². The first-order chi connectivity index (χ1) is 16.3. The summed E-state index contributed by atoms with van der Waals surface area (Å²) in [5.41, 5.74) is 14.0. The molecule has 2 atom stereocenters. The quantitative estimate of drug-likeness (QED) is 0.508. The van der Waals surface area contributed by atoms with Gasteiger partial charge in [0.05, 0.1) is 11.4 Å². The number of pyridine rings is 1.